The summed E-state index contributed by atoms with van der Waals surface area (Å²) in [5.74, 6) is -1.84. The van der Waals surface area contributed by atoms with Gasteiger partial charge in [-0.3, -0.25) is 14.4 Å². The third kappa shape index (κ3) is 21.4. The molecule has 0 aliphatic heterocycles. The van der Waals surface area contributed by atoms with Crippen molar-refractivity contribution >= 4 is 17.9 Å². The van der Waals surface area contributed by atoms with Crippen molar-refractivity contribution in [2.75, 3.05) is 14.2 Å². The van der Waals surface area contributed by atoms with Gasteiger partial charge >= 0.3 is 17.9 Å². The topological polar surface area (TPSA) is 78.9 Å². The highest BCUT2D eigenvalue weighted by molar-refractivity contribution is 5.94. The molecule has 0 unspecified atom stereocenters. The number of hydrogen-bond acceptors (Lipinski definition) is 6. The van der Waals surface area contributed by atoms with Crippen LogP contribution in [0.15, 0.2) is 0 Å². The molecule has 0 heterocycles. The molecule has 206 valence electrons. The molecule has 0 spiro atoms. The van der Waals surface area contributed by atoms with Crippen molar-refractivity contribution < 1.29 is 28.6 Å². The Balaban J connectivity index is 3.36. The van der Waals surface area contributed by atoms with Crippen molar-refractivity contribution in [3.63, 3.8) is 0 Å². The molecule has 0 radical (unpaired) electrons. The van der Waals surface area contributed by atoms with Crippen molar-refractivity contribution in [1.29, 1.82) is 0 Å². The smallest absolute Gasteiger partial charge is 0.320 e. The summed E-state index contributed by atoms with van der Waals surface area (Å²) in [7, 11) is 2.61. The lowest BCUT2D eigenvalue weighted by Crippen LogP contribution is -2.26. The lowest BCUT2D eigenvalue weighted by Gasteiger charge is -2.19. The molecule has 0 bridgehead atoms. The van der Waals surface area contributed by atoms with Gasteiger partial charge in [-0.05, 0) is 33.6 Å². The van der Waals surface area contributed by atoms with Gasteiger partial charge in [0, 0.05) is 6.42 Å². The predicted molar refractivity (Wildman–Crippen MR) is 141 cm³/mol. The molecule has 0 saturated heterocycles. The van der Waals surface area contributed by atoms with Crippen LogP contribution in [0.25, 0.3) is 0 Å². The first-order chi connectivity index (χ1) is 16.7. The molecule has 6 heteroatoms. The quantitative estimate of drug-likeness (QED) is 0.0658. The number of methoxy groups -OCH3 is 2. The van der Waals surface area contributed by atoms with E-state index in [1.165, 1.54) is 91.3 Å². The number of rotatable bonds is 22. The number of carbonyl (C=O) groups excluding carboxylic acids is 3. The fraction of sp³-hybridized carbons (Fsp3) is 0.897. The Labute approximate surface area is 215 Å². The summed E-state index contributed by atoms with van der Waals surface area (Å²) in [4.78, 5) is 34.9. The van der Waals surface area contributed by atoms with Gasteiger partial charge in [-0.15, -0.1) is 0 Å². The first kappa shape index (κ1) is 33.4. The van der Waals surface area contributed by atoms with Crippen LogP contribution >= 0.6 is 0 Å². The highest BCUT2D eigenvalue weighted by atomic mass is 16.6. The minimum absolute atomic E-state index is 0.0693. The maximum absolute atomic E-state index is 11.7. The zero-order chi connectivity index (χ0) is 26.4. The average Bonchev–Trinajstić information content (AvgIpc) is 2.80. The zero-order valence-corrected chi connectivity index (χ0v) is 23.5. The van der Waals surface area contributed by atoms with Crippen LogP contribution in [0.2, 0.25) is 0 Å². The first-order valence-corrected chi connectivity index (χ1v) is 14.1. The number of carbonyl (C=O) groups is 3. The van der Waals surface area contributed by atoms with Gasteiger partial charge in [-0.25, -0.2) is 0 Å². The molecule has 0 saturated carbocycles. The second-order valence-electron chi connectivity index (χ2n) is 10.7. The van der Waals surface area contributed by atoms with Gasteiger partial charge < -0.3 is 14.2 Å². The highest BCUT2D eigenvalue weighted by Gasteiger charge is 2.27. The normalized spacial score (nSPS) is 11.5. The third-order valence-corrected chi connectivity index (χ3v) is 6.27. The van der Waals surface area contributed by atoms with E-state index in [9.17, 15) is 14.4 Å². The Morgan fingerprint density at radius 2 is 0.857 bits per heavy atom. The number of esters is 3. The van der Waals surface area contributed by atoms with E-state index in [1.54, 1.807) is 0 Å². The SMILES string of the molecule is COC(=O)C(CCCCCCCCCCCCCCCCCCCC(=O)OC(C)(C)C)C(=O)OC. The number of hydrogen-bond donors (Lipinski definition) is 0. The predicted octanol–water partition coefficient (Wildman–Crippen LogP) is 7.70. The molecule has 0 fully saturated rings. The molecule has 6 nitrogen and oxygen atoms in total. The van der Waals surface area contributed by atoms with Crippen LogP contribution in [0.4, 0.5) is 0 Å². The summed E-state index contributed by atoms with van der Waals surface area (Å²) in [6.45, 7) is 5.74. The van der Waals surface area contributed by atoms with Crippen LogP contribution in [0, 0.1) is 5.92 Å². The highest BCUT2D eigenvalue weighted by Crippen LogP contribution is 2.17. The fourth-order valence-electron chi connectivity index (χ4n) is 4.28. The Morgan fingerprint density at radius 1 is 0.543 bits per heavy atom. The molecule has 0 atom stereocenters. The Hall–Kier alpha value is -1.59. The zero-order valence-electron chi connectivity index (χ0n) is 23.5. The van der Waals surface area contributed by atoms with Gasteiger partial charge in [0.1, 0.15) is 5.60 Å². The molecule has 0 aliphatic carbocycles. The van der Waals surface area contributed by atoms with Gasteiger partial charge in [-0.1, -0.05) is 103 Å². The van der Waals surface area contributed by atoms with E-state index >= 15 is 0 Å². The Kier molecular flexibility index (Phi) is 20.7. The lowest BCUT2D eigenvalue weighted by atomic mass is 9.99. The van der Waals surface area contributed by atoms with Crippen LogP contribution in [-0.2, 0) is 28.6 Å². The lowest BCUT2D eigenvalue weighted by molar-refractivity contribution is -0.159. The maximum Gasteiger partial charge on any atom is 0.320 e. The molecular weight excluding hydrogens is 444 g/mol. The van der Waals surface area contributed by atoms with Crippen molar-refractivity contribution in [2.45, 2.75) is 148 Å². The third-order valence-electron chi connectivity index (χ3n) is 6.27. The molecule has 35 heavy (non-hydrogen) atoms. The van der Waals surface area contributed by atoms with Crippen LogP contribution in [0.1, 0.15) is 143 Å². The van der Waals surface area contributed by atoms with Crippen LogP contribution in [0.3, 0.4) is 0 Å². The van der Waals surface area contributed by atoms with Crippen molar-refractivity contribution in [2.24, 2.45) is 5.92 Å². The minimum Gasteiger partial charge on any atom is -0.468 e. The van der Waals surface area contributed by atoms with Gasteiger partial charge in [0.25, 0.3) is 0 Å². The van der Waals surface area contributed by atoms with E-state index in [-0.39, 0.29) is 11.6 Å². The summed E-state index contributed by atoms with van der Waals surface area (Å²) < 4.78 is 14.7. The molecule has 0 aromatic carbocycles. The Morgan fingerprint density at radius 3 is 1.17 bits per heavy atom. The Bertz CT molecular complexity index is 536. The minimum atomic E-state index is -0.777. The van der Waals surface area contributed by atoms with E-state index < -0.39 is 17.9 Å². The molecular formula is C29H54O6. The standard InChI is InChI=1S/C29H54O6/c1-29(2,3)35-26(30)24-22-20-18-16-14-12-10-8-6-7-9-11-13-15-17-19-21-23-25(27(31)33-4)28(32)34-5/h25H,6-24H2,1-5H3. The molecule has 0 aliphatic rings. The van der Waals surface area contributed by atoms with Crippen molar-refractivity contribution in [3.8, 4) is 0 Å². The van der Waals surface area contributed by atoms with Crippen LogP contribution in [-0.4, -0.2) is 37.7 Å². The van der Waals surface area contributed by atoms with Crippen LogP contribution in [0.5, 0.6) is 0 Å². The summed E-state index contributed by atoms with van der Waals surface area (Å²) >= 11 is 0. The van der Waals surface area contributed by atoms with E-state index in [0.29, 0.717) is 12.8 Å². The van der Waals surface area contributed by atoms with E-state index in [1.807, 2.05) is 20.8 Å². The summed E-state index contributed by atoms with van der Waals surface area (Å²) in [5, 5.41) is 0. The van der Waals surface area contributed by atoms with Crippen molar-refractivity contribution in [3.05, 3.63) is 0 Å². The van der Waals surface area contributed by atoms with Crippen molar-refractivity contribution in [1.82, 2.24) is 0 Å². The number of unbranched alkanes of at least 4 members (excludes halogenated alkanes) is 16. The first-order valence-electron chi connectivity index (χ1n) is 14.1. The second kappa shape index (κ2) is 21.7. The van der Waals surface area contributed by atoms with Gasteiger partial charge in [0.15, 0.2) is 5.92 Å². The fourth-order valence-corrected chi connectivity index (χ4v) is 4.28. The van der Waals surface area contributed by atoms with Gasteiger partial charge in [0.2, 0.25) is 0 Å². The van der Waals surface area contributed by atoms with Crippen LogP contribution < -0.4 is 0 Å². The summed E-state index contributed by atoms with van der Waals surface area (Å²) in [5.41, 5.74) is -0.370. The molecule has 0 amide bonds. The van der Waals surface area contributed by atoms with E-state index in [0.717, 1.165) is 32.1 Å². The van der Waals surface area contributed by atoms with Gasteiger partial charge in [0.05, 0.1) is 14.2 Å². The second-order valence-corrected chi connectivity index (χ2v) is 10.7. The summed E-state index contributed by atoms with van der Waals surface area (Å²) in [6, 6.07) is 0. The number of ether oxygens (including phenoxy) is 3. The molecule has 0 N–H and O–H groups in total. The monoisotopic (exact) mass is 498 g/mol. The van der Waals surface area contributed by atoms with Gasteiger partial charge in [-0.2, -0.15) is 0 Å². The largest absolute Gasteiger partial charge is 0.468 e. The maximum atomic E-state index is 11.7. The summed E-state index contributed by atoms with van der Waals surface area (Å²) in [6.07, 6.45) is 21.8. The molecule has 0 aromatic rings. The molecule has 0 aromatic heterocycles. The van der Waals surface area contributed by atoms with E-state index in [4.69, 9.17) is 4.74 Å². The molecule has 0 rings (SSSR count). The van der Waals surface area contributed by atoms with E-state index in [2.05, 4.69) is 9.47 Å². The average molecular weight is 499 g/mol.